The van der Waals surface area contributed by atoms with Gasteiger partial charge in [0, 0.05) is 5.75 Å². The van der Waals surface area contributed by atoms with Crippen LogP contribution in [-0.2, 0) is 13.8 Å². The summed E-state index contributed by atoms with van der Waals surface area (Å²) in [7, 11) is -4.73. The van der Waals surface area contributed by atoms with Crippen LogP contribution in [0.2, 0.25) is 0 Å². The van der Waals surface area contributed by atoms with Crippen molar-refractivity contribution < 1.29 is 33.8 Å². The second-order valence-corrected chi connectivity index (χ2v) is 5.18. The van der Waals surface area contributed by atoms with Crippen LogP contribution in [0.15, 0.2) is 0 Å². The number of aliphatic hydroxyl groups excluding tert-OH is 2. The van der Waals surface area contributed by atoms with Crippen molar-refractivity contribution in [1.82, 2.24) is 0 Å². The summed E-state index contributed by atoms with van der Waals surface area (Å²) >= 11 is 1.38. The number of ether oxygens (including phenoxy) is 1. The van der Waals surface area contributed by atoms with Crippen LogP contribution in [0.3, 0.4) is 0 Å². The molecule has 0 aromatic carbocycles. The molecule has 1 fully saturated rings. The van der Waals surface area contributed by atoms with Gasteiger partial charge in [0.25, 0.3) is 0 Å². The Labute approximate surface area is 90.6 Å². The van der Waals surface area contributed by atoms with Gasteiger partial charge in [-0.05, 0) is 6.26 Å². The Hall–Kier alpha value is 0.340. The number of phosphoric acid groups is 1. The van der Waals surface area contributed by atoms with Gasteiger partial charge in [-0.25, -0.2) is 4.57 Å². The maximum atomic E-state index is 10.5. The maximum absolute atomic E-state index is 10.5. The largest absolute Gasteiger partial charge is 0.472 e. The molecule has 90 valence electrons. The van der Waals surface area contributed by atoms with Crippen LogP contribution in [0.25, 0.3) is 0 Å². The number of rotatable bonds is 4. The van der Waals surface area contributed by atoms with E-state index in [2.05, 4.69) is 4.52 Å². The Bertz CT molecular complexity index is 256. The van der Waals surface area contributed by atoms with Crippen LogP contribution < -0.4 is 0 Å². The van der Waals surface area contributed by atoms with E-state index in [0.29, 0.717) is 5.75 Å². The molecule has 1 aliphatic rings. The third-order valence-corrected chi connectivity index (χ3v) is 3.04. The van der Waals surface area contributed by atoms with Gasteiger partial charge in [0.15, 0.2) is 6.29 Å². The highest BCUT2D eigenvalue weighted by Gasteiger charge is 2.45. The van der Waals surface area contributed by atoms with Gasteiger partial charge in [0.1, 0.15) is 12.2 Å². The van der Waals surface area contributed by atoms with Crippen LogP contribution in [0.5, 0.6) is 0 Å². The van der Waals surface area contributed by atoms with E-state index in [1.807, 2.05) is 0 Å². The molecule has 0 bridgehead atoms. The lowest BCUT2D eigenvalue weighted by Crippen LogP contribution is -2.33. The SMILES string of the molecule is CSCC1OC(OP(=O)(O)O)[C@H](O)[C@@H]1O. The minimum absolute atomic E-state index is 0.402. The Morgan fingerprint density at radius 3 is 2.47 bits per heavy atom. The lowest BCUT2D eigenvalue weighted by atomic mass is 10.2. The monoisotopic (exact) mass is 260 g/mol. The third-order valence-electron chi connectivity index (χ3n) is 1.89. The van der Waals surface area contributed by atoms with Crippen molar-refractivity contribution in [2.45, 2.75) is 24.6 Å². The van der Waals surface area contributed by atoms with Crippen molar-refractivity contribution in [3.05, 3.63) is 0 Å². The first-order chi connectivity index (χ1) is 6.85. The molecular weight excluding hydrogens is 247 g/mol. The fourth-order valence-electron chi connectivity index (χ4n) is 1.24. The van der Waals surface area contributed by atoms with Crippen molar-refractivity contribution in [2.24, 2.45) is 0 Å². The van der Waals surface area contributed by atoms with Gasteiger partial charge < -0.3 is 24.7 Å². The third kappa shape index (κ3) is 3.69. The number of hydrogen-bond donors (Lipinski definition) is 4. The zero-order valence-corrected chi connectivity index (χ0v) is 9.60. The smallest absolute Gasteiger partial charge is 0.387 e. The molecule has 1 heterocycles. The molecule has 1 aliphatic heterocycles. The van der Waals surface area contributed by atoms with Crippen LogP contribution in [0.1, 0.15) is 0 Å². The topological polar surface area (TPSA) is 116 Å². The van der Waals surface area contributed by atoms with Gasteiger partial charge in [-0.1, -0.05) is 0 Å². The fraction of sp³-hybridized carbons (Fsp3) is 1.00. The summed E-state index contributed by atoms with van der Waals surface area (Å²) in [5.74, 6) is 0.402. The molecular formula is C6H13O7PS. The standard InChI is InChI=1S/C6H13O7PS/c1-15-2-3-4(7)5(8)6(12-3)13-14(9,10)11/h3-8H,2H2,1H3,(H2,9,10,11)/t3?,4-,5-,6?/m1/s1. The molecule has 2 unspecified atom stereocenters. The van der Waals surface area contributed by atoms with E-state index in [4.69, 9.17) is 14.5 Å². The summed E-state index contributed by atoms with van der Waals surface area (Å²) < 4.78 is 19.6. The van der Waals surface area contributed by atoms with Crippen LogP contribution in [0, 0.1) is 0 Å². The highest BCUT2D eigenvalue weighted by Crippen LogP contribution is 2.41. The Kier molecular flexibility index (Phi) is 4.57. The number of hydrogen-bond acceptors (Lipinski definition) is 6. The summed E-state index contributed by atoms with van der Waals surface area (Å²) in [5.41, 5.74) is 0. The highest BCUT2D eigenvalue weighted by atomic mass is 32.2. The number of phosphoric ester groups is 1. The summed E-state index contributed by atoms with van der Waals surface area (Å²) in [5, 5.41) is 18.8. The first-order valence-corrected chi connectivity index (χ1v) is 7.02. The highest BCUT2D eigenvalue weighted by molar-refractivity contribution is 7.98. The lowest BCUT2D eigenvalue weighted by molar-refractivity contribution is -0.116. The molecule has 15 heavy (non-hydrogen) atoms. The summed E-state index contributed by atoms with van der Waals surface area (Å²) in [6.45, 7) is 0. The van der Waals surface area contributed by atoms with E-state index < -0.39 is 32.4 Å². The van der Waals surface area contributed by atoms with Crippen molar-refractivity contribution in [3.63, 3.8) is 0 Å². The molecule has 0 radical (unpaired) electrons. The second-order valence-electron chi connectivity index (χ2n) is 3.08. The molecule has 4 atom stereocenters. The average Bonchev–Trinajstić information content (AvgIpc) is 2.32. The summed E-state index contributed by atoms with van der Waals surface area (Å²) in [6, 6.07) is 0. The van der Waals surface area contributed by atoms with E-state index >= 15 is 0 Å². The minimum Gasteiger partial charge on any atom is -0.387 e. The van der Waals surface area contributed by atoms with E-state index in [1.54, 1.807) is 6.26 Å². The predicted molar refractivity (Wildman–Crippen MR) is 52.2 cm³/mol. The van der Waals surface area contributed by atoms with Gasteiger partial charge in [-0.15, -0.1) is 0 Å². The summed E-state index contributed by atoms with van der Waals surface area (Å²) in [4.78, 5) is 17.0. The number of aliphatic hydroxyl groups is 2. The van der Waals surface area contributed by atoms with Gasteiger partial charge in [0.2, 0.25) is 0 Å². The van der Waals surface area contributed by atoms with Gasteiger partial charge in [-0.2, -0.15) is 11.8 Å². The molecule has 9 heteroatoms. The van der Waals surface area contributed by atoms with E-state index in [0.717, 1.165) is 0 Å². The molecule has 0 spiro atoms. The van der Waals surface area contributed by atoms with Crippen molar-refractivity contribution in [1.29, 1.82) is 0 Å². The summed E-state index contributed by atoms with van der Waals surface area (Å²) in [6.07, 6.45) is -3.05. The van der Waals surface area contributed by atoms with Crippen molar-refractivity contribution in [3.8, 4) is 0 Å². The predicted octanol–water partition coefficient (Wildman–Crippen LogP) is -1.09. The van der Waals surface area contributed by atoms with E-state index in [9.17, 15) is 14.8 Å². The number of thioether (sulfide) groups is 1. The molecule has 7 nitrogen and oxygen atoms in total. The van der Waals surface area contributed by atoms with Gasteiger partial charge in [0.05, 0.1) is 6.10 Å². The Balaban J connectivity index is 2.59. The molecule has 1 saturated heterocycles. The normalized spacial score (nSPS) is 37.1. The average molecular weight is 260 g/mol. The Morgan fingerprint density at radius 1 is 1.40 bits per heavy atom. The minimum atomic E-state index is -4.73. The van der Waals surface area contributed by atoms with Crippen LogP contribution in [0.4, 0.5) is 0 Å². The molecule has 4 N–H and O–H groups in total. The van der Waals surface area contributed by atoms with Gasteiger partial charge >= 0.3 is 7.82 Å². The molecule has 1 rings (SSSR count). The zero-order valence-electron chi connectivity index (χ0n) is 7.89. The van der Waals surface area contributed by atoms with Gasteiger partial charge in [-0.3, -0.25) is 4.52 Å². The van der Waals surface area contributed by atoms with Crippen molar-refractivity contribution in [2.75, 3.05) is 12.0 Å². The Morgan fingerprint density at radius 2 is 2.00 bits per heavy atom. The van der Waals surface area contributed by atoms with Crippen molar-refractivity contribution >= 4 is 19.6 Å². The zero-order chi connectivity index (χ0) is 11.6. The quantitative estimate of drug-likeness (QED) is 0.471. The molecule has 0 saturated carbocycles. The maximum Gasteiger partial charge on any atom is 0.472 e. The first kappa shape index (κ1) is 13.4. The fourth-order valence-corrected chi connectivity index (χ4v) is 2.29. The molecule has 0 aliphatic carbocycles. The first-order valence-electron chi connectivity index (χ1n) is 4.09. The van der Waals surface area contributed by atoms with Crippen LogP contribution >= 0.6 is 19.6 Å². The van der Waals surface area contributed by atoms with Crippen LogP contribution in [-0.4, -0.2) is 56.6 Å². The molecule has 0 aromatic rings. The van der Waals surface area contributed by atoms with E-state index in [1.165, 1.54) is 11.8 Å². The van der Waals surface area contributed by atoms with E-state index in [-0.39, 0.29) is 0 Å². The lowest BCUT2D eigenvalue weighted by Gasteiger charge is -2.15. The second kappa shape index (κ2) is 5.11. The molecule has 0 aromatic heterocycles. The molecule has 0 amide bonds.